The van der Waals surface area contributed by atoms with E-state index < -0.39 is 5.91 Å². The predicted octanol–water partition coefficient (Wildman–Crippen LogP) is 2.51. The van der Waals surface area contributed by atoms with E-state index in [1.165, 1.54) is 0 Å². The van der Waals surface area contributed by atoms with Crippen LogP contribution in [0.25, 0.3) is 0 Å². The summed E-state index contributed by atoms with van der Waals surface area (Å²) in [7, 11) is 0. The summed E-state index contributed by atoms with van der Waals surface area (Å²) in [6.07, 6.45) is 1.14. The topological polar surface area (TPSA) is 69.1 Å². The maximum atomic E-state index is 11.0. The number of amides is 1. The summed E-state index contributed by atoms with van der Waals surface area (Å²) >= 11 is 1.68. The van der Waals surface area contributed by atoms with Crippen LogP contribution in [0.5, 0.6) is 0 Å². The molecule has 0 fully saturated rings. The Bertz CT molecular complexity index is 379. The fourth-order valence-corrected chi connectivity index (χ4v) is 2.31. The first-order chi connectivity index (χ1) is 7.54. The number of carbonyl (C=O) groups is 1. The molecule has 3 nitrogen and oxygen atoms in total. The van der Waals surface area contributed by atoms with Crippen LogP contribution in [0.1, 0.15) is 30.6 Å². The van der Waals surface area contributed by atoms with Gasteiger partial charge in [-0.2, -0.15) is 0 Å². The largest absolute Gasteiger partial charge is 0.398 e. The van der Waals surface area contributed by atoms with Crippen molar-refractivity contribution < 1.29 is 4.79 Å². The molecule has 0 bridgehead atoms. The molecule has 16 heavy (non-hydrogen) atoms. The van der Waals surface area contributed by atoms with Crippen LogP contribution < -0.4 is 11.5 Å². The number of nitrogen functional groups attached to an aromatic ring is 1. The van der Waals surface area contributed by atoms with Crippen molar-refractivity contribution in [2.75, 3.05) is 11.5 Å². The molecule has 0 saturated carbocycles. The lowest BCUT2D eigenvalue weighted by atomic mass is 10.2. The lowest BCUT2D eigenvalue weighted by Crippen LogP contribution is -2.11. The highest BCUT2D eigenvalue weighted by Gasteiger charge is 2.07. The second-order valence-corrected chi connectivity index (χ2v) is 5.00. The summed E-state index contributed by atoms with van der Waals surface area (Å²) in [6, 6.07) is 5.16. The van der Waals surface area contributed by atoms with Gasteiger partial charge in [-0.1, -0.05) is 20.3 Å². The maximum absolute atomic E-state index is 11.0. The quantitative estimate of drug-likeness (QED) is 0.611. The minimum absolute atomic E-state index is 0.412. The zero-order valence-corrected chi connectivity index (χ0v) is 10.5. The van der Waals surface area contributed by atoms with Crippen LogP contribution in [0.2, 0.25) is 0 Å². The van der Waals surface area contributed by atoms with Gasteiger partial charge in [-0.3, -0.25) is 4.79 Å². The summed E-state index contributed by atoms with van der Waals surface area (Å²) < 4.78 is 0. The van der Waals surface area contributed by atoms with Crippen LogP contribution in [0, 0.1) is 5.92 Å². The molecule has 4 N–H and O–H groups in total. The predicted molar refractivity (Wildman–Crippen MR) is 69.6 cm³/mol. The van der Waals surface area contributed by atoms with E-state index in [0.717, 1.165) is 17.1 Å². The van der Waals surface area contributed by atoms with Crippen LogP contribution in [-0.2, 0) is 0 Å². The Labute approximate surface area is 101 Å². The second kappa shape index (κ2) is 5.80. The minimum atomic E-state index is -0.412. The minimum Gasteiger partial charge on any atom is -0.398 e. The van der Waals surface area contributed by atoms with Crippen LogP contribution in [0.3, 0.4) is 0 Å². The lowest BCUT2D eigenvalue weighted by molar-refractivity contribution is 0.1000. The van der Waals surface area contributed by atoms with E-state index in [4.69, 9.17) is 11.5 Å². The van der Waals surface area contributed by atoms with E-state index in [0.29, 0.717) is 17.2 Å². The number of rotatable bonds is 5. The van der Waals surface area contributed by atoms with E-state index >= 15 is 0 Å². The third-order valence-corrected chi connectivity index (χ3v) is 3.92. The molecular formula is C12H18N2OS. The second-order valence-electron chi connectivity index (χ2n) is 3.94. The van der Waals surface area contributed by atoms with Gasteiger partial charge in [-0.05, 0) is 24.1 Å². The summed E-state index contributed by atoms with van der Waals surface area (Å²) in [5.41, 5.74) is 12.3. The van der Waals surface area contributed by atoms with Crippen molar-refractivity contribution in [3.8, 4) is 0 Å². The van der Waals surface area contributed by atoms with Crippen molar-refractivity contribution >= 4 is 23.4 Å². The number of hydrogen-bond acceptors (Lipinski definition) is 3. The Morgan fingerprint density at radius 1 is 1.50 bits per heavy atom. The van der Waals surface area contributed by atoms with Gasteiger partial charge in [0.2, 0.25) is 5.91 Å². The normalized spacial score (nSPS) is 12.4. The van der Waals surface area contributed by atoms with Crippen molar-refractivity contribution in [2.45, 2.75) is 25.2 Å². The van der Waals surface area contributed by atoms with Crippen LogP contribution in [0.4, 0.5) is 5.69 Å². The highest BCUT2D eigenvalue weighted by molar-refractivity contribution is 7.99. The smallest absolute Gasteiger partial charge is 0.248 e. The fraction of sp³-hybridized carbons (Fsp3) is 0.417. The van der Waals surface area contributed by atoms with E-state index in [1.54, 1.807) is 30.0 Å². The first-order valence-corrected chi connectivity index (χ1v) is 6.35. The van der Waals surface area contributed by atoms with E-state index in [2.05, 4.69) is 13.8 Å². The molecule has 88 valence electrons. The zero-order chi connectivity index (χ0) is 12.1. The molecule has 4 heteroatoms. The Kier molecular flexibility index (Phi) is 4.68. The van der Waals surface area contributed by atoms with Gasteiger partial charge in [-0.25, -0.2) is 0 Å². The van der Waals surface area contributed by atoms with Gasteiger partial charge in [0.1, 0.15) is 0 Å². The molecule has 0 spiro atoms. The summed E-state index contributed by atoms with van der Waals surface area (Å²) in [5, 5.41) is 0. The SMILES string of the molecule is CCC(C)CSc1cc(C(N)=O)ccc1N. The molecule has 1 aromatic carbocycles. The molecule has 1 atom stereocenters. The van der Waals surface area contributed by atoms with Gasteiger partial charge in [0.25, 0.3) is 0 Å². The molecule has 1 rings (SSSR count). The van der Waals surface area contributed by atoms with Gasteiger partial charge in [0.15, 0.2) is 0 Å². The third kappa shape index (κ3) is 3.45. The molecule has 0 saturated heterocycles. The molecule has 0 aliphatic heterocycles. The van der Waals surface area contributed by atoms with Gasteiger partial charge in [0, 0.05) is 21.9 Å². The van der Waals surface area contributed by atoms with Crippen molar-refractivity contribution in [3.63, 3.8) is 0 Å². The average molecular weight is 238 g/mol. The maximum Gasteiger partial charge on any atom is 0.248 e. The number of primary amides is 1. The molecule has 0 aliphatic carbocycles. The summed E-state index contributed by atoms with van der Waals surface area (Å²) in [4.78, 5) is 12.0. The highest BCUT2D eigenvalue weighted by Crippen LogP contribution is 2.28. The fourth-order valence-electron chi connectivity index (χ4n) is 1.16. The monoisotopic (exact) mass is 238 g/mol. The van der Waals surface area contributed by atoms with Crippen LogP contribution in [-0.4, -0.2) is 11.7 Å². The zero-order valence-electron chi connectivity index (χ0n) is 9.69. The Morgan fingerprint density at radius 3 is 2.75 bits per heavy atom. The molecule has 0 aromatic heterocycles. The number of benzene rings is 1. The van der Waals surface area contributed by atoms with E-state index in [-0.39, 0.29) is 0 Å². The molecule has 0 heterocycles. The Hall–Kier alpha value is -1.16. The number of thioether (sulfide) groups is 1. The van der Waals surface area contributed by atoms with Crippen molar-refractivity contribution in [1.29, 1.82) is 0 Å². The number of nitrogens with two attached hydrogens (primary N) is 2. The number of hydrogen-bond donors (Lipinski definition) is 2. The molecule has 0 aliphatic rings. The van der Waals surface area contributed by atoms with Gasteiger partial charge < -0.3 is 11.5 Å². The average Bonchev–Trinajstić information content (AvgIpc) is 2.27. The Morgan fingerprint density at radius 2 is 2.19 bits per heavy atom. The standard InChI is InChI=1S/C12H18N2OS/c1-3-8(2)7-16-11-6-9(12(14)15)4-5-10(11)13/h4-6,8H,3,7,13H2,1-2H3,(H2,14,15). The van der Waals surface area contributed by atoms with E-state index in [9.17, 15) is 4.79 Å². The summed E-state index contributed by atoms with van der Waals surface area (Å²) in [6.45, 7) is 4.36. The molecule has 1 aromatic rings. The van der Waals surface area contributed by atoms with Gasteiger partial charge >= 0.3 is 0 Å². The van der Waals surface area contributed by atoms with Crippen molar-refractivity contribution in [3.05, 3.63) is 23.8 Å². The molecule has 0 radical (unpaired) electrons. The summed E-state index contributed by atoms with van der Waals surface area (Å²) in [5.74, 6) is 1.23. The van der Waals surface area contributed by atoms with Crippen molar-refractivity contribution in [1.82, 2.24) is 0 Å². The van der Waals surface area contributed by atoms with Crippen LogP contribution in [0.15, 0.2) is 23.1 Å². The van der Waals surface area contributed by atoms with Gasteiger partial charge in [-0.15, -0.1) is 11.8 Å². The third-order valence-electron chi connectivity index (χ3n) is 2.52. The first kappa shape index (κ1) is 12.9. The number of carbonyl (C=O) groups excluding carboxylic acids is 1. The lowest BCUT2D eigenvalue weighted by Gasteiger charge is -2.10. The molecule has 1 unspecified atom stereocenters. The highest BCUT2D eigenvalue weighted by atomic mass is 32.2. The molecular weight excluding hydrogens is 220 g/mol. The van der Waals surface area contributed by atoms with E-state index in [1.807, 2.05) is 0 Å². The van der Waals surface area contributed by atoms with Crippen molar-refractivity contribution in [2.24, 2.45) is 11.7 Å². The molecule has 1 amide bonds. The Balaban J connectivity index is 2.78. The first-order valence-electron chi connectivity index (χ1n) is 5.36. The number of anilines is 1. The van der Waals surface area contributed by atoms with Gasteiger partial charge in [0.05, 0.1) is 0 Å². The van der Waals surface area contributed by atoms with Crippen LogP contribution >= 0.6 is 11.8 Å².